The van der Waals surface area contributed by atoms with Crippen LogP contribution in [0.2, 0.25) is 0 Å². The first-order valence-electron chi connectivity index (χ1n) is 8.04. The van der Waals surface area contributed by atoms with Crippen LogP contribution >= 0.6 is 0 Å². The first-order valence-corrected chi connectivity index (χ1v) is 8.04. The molecule has 1 aliphatic rings. The molecule has 0 radical (unpaired) electrons. The molecule has 0 fully saturated rings. The van der Waals surface area contributed by atoms with E-state index in [0.717, 1.165) is 17.8 Å². The number of hydrogen-bond acceptors (Lipinski definition) is 2. The maximum absolute atomic E-state index is 4.54. The molecule has 118 valence electrons. The van der Waals surface area contributed by atoms with E-state index in [1.165, 1.54) is 24.0 Å². The lowest BCUT2D eigenvalue weighted by molar-refractivity contribution is 1.02. The molecule has 0 bridgehead atoms. The lowest BCUT2D eigenvalue weighted by atomic mass is 10.1. The van der Waals surface area contributed by atoms with Crippen molar-refractivity contribution in [2.24, 2.45) is 4.99 Å². The first-order chi connectivity index (χ1) is 11.3. The third kappa shape index (κ3) is 6.43. The van der Waals surface area contributed by atoms with E-state index in [9.17, 15) is 0 Å². The highest BCUT2D eigenvalue weighted by Gasteiger charge is 1.95. The van der Waals surface area contributed by atoms with Gasteiger partial charge in [-0.3, -0.25) is 9.98 Å². The van der Waals surface area contributed by atoms with Crippen molar-refractivity contribution in [3.8, 4) is 0 Å². The van der Waals surface area contributed by atoms with E-state index >= 15 is 0 Å². The van der Waals surface area contributed by atoms with E-state index in [1.54, 1.807) is 6.20 Å². The first kappa shape index (κ1) is 16.9. The molecule has 0 N–H and O–H groups in total. The van der Waals surface area contributed by atoms with E-state index < -0.39 is 0 Å². The topological polar surface area (TPSA) is 25.2 Å². The number of hydrogen-bond donors (Lipinski definition) is 0. The van der Waals surface area contributed by atoms with Crippen LogP contribution in [-0.2, 0) is 6.54 Å². The van der Waals surface area contributed by atoms with Gasteiger partial charge in [0.1, 0.15) is 0 Å². The van der Waals surface area contributed by atoms with Crippen LogP contribution < -0.4 is 0 Å². The molecule has 0 amide bonds. The fourth-order valence-electron chi connectivity index (χ4n) is 2.21. The van der Waals surface area contributed by atoms with Crippen molar-refractivity contribution in [2.75, 3.05) is 0 Å². The van der Waals surface area contributed by atoms with Gasteiger partial charge in [0.15, 0.2) is 0 Å². The minimum absolute atomic E-state index is 0.724. The molecule has 1 heterocycles. The summed E-state index contributed by atoms with van der Waals surface area (Å²) in [5, 5.41) is 0. The van der Waals surface area contributed by atoms with Crippen LogP contribution in [-0.4, -0.2) is 10.7 Å². The normalized spacial score (nSPS) is 13.8. The molecule has 0 aliphatic heterocycles. The fourth-order valence-corrected chi connectivity index (χ4v) is 2.21. The van der Waals surface area contributed by atoms with Crippen molar-refractivity contribution in [1.82, 2.24) is 4.98 Å². The van der Waals surface area contributed by atoms with Crippen molar-refractivity contribution in [1.29, 1.82) is 0 Å². The van der Waals surface area contributed by atoms with Gasteiger partial charge < -0.3 is 0 Å². The molecule has 0 atom stereocenters. The van der Waals surface area contributed by atoms with E-state index in [0.29, 0.717) is 0 Å². The number of pyridine rings is 1. The van der Waals surface area contributed by atoms with Crippen LogP contribution in [0.1, 0.15) is 37.8 Å². The van der Waals surface area contributed by atoms with Crippen molar-refractivity contribution >= 4 is 5.71 Å². The summed E-state index contributed by atoms with van der Waals surface area (Å²) >= 11 is 0. The predicted octanol–water partition coefficient (Wildman–Crippen LogP) is 5.37. The summed E-state index contributed by atoms with van der Waals surface area (Å²) < 4.78 is 0. The molecule has 0 saturated carbocycles. The van der Waals surface area contributed by atoms with E-state index in [4.69, 9.17) is 0 Å². The molecule has 1 aliphatic carbocycles. The summed E-state index contributed by atoms with van der Waals surface area (Å²) in [4.78, 5) is 8.62. The number of nitrogens with zero attached hydrogens (tertiary/aromatic N) is 2. The highest BCUT2D eigenvalue weighted by molar-refractivity contribution is 5.98. The highest BCUT2D eigenvalue weighted by Crippen LogP contribution is 2.07. The zero-order chi connectivity index (χ0) is 16.3. The Kier molecular flexibility index (Phi) is 6.99. The molecule has 23 heavy (non-hydrogen) atoms. The number of aromatic nitrogens is 1. The zero-order valence-electron chi connectivity index (χ0n) is 13.9. The van der Waals surface area contributed by atoms with Crippen molar-refractivity contribution < 1.29 is 0 Å². The molecule has 2 aromatic rings. The maximum Gasteiger partial charge on any atom is 0.0643 e. The van der Waals surface area contributed by atoms with Gasteiger partial charge in [0.05, 0.1) is 6.54 Å². The average Bonchev–Trinajstić information content (AvgIpc) is 2.62. The Bertz CT molecular complexity index is 668. The van der Waals surface area contributed by atoms with E-state index in [2.05, 4.69) is 47.3 Å². The summed E-state index contributed by atoms with van der Waals surface area (Å²) in [6.45, 7) is 4.87. The molecular formula is C21H24N2. The Morgan fingerprint density at radius 1 is 1.09 bits per heavy atom. The van der Waals surface area contributed by atoms with E-state index in [-0.39, 0.29) is 0 Å². The van der Waals surface area contributed by atoms with Crippen LogP contribution in [0.15, 0.2) is 83.7 Å². The second kappa shape index (κ2) is 9.52. The van der Waals surface area contributed by atoms with E-state index in [1.807, 2.05) is 43.5 Å². The molecule has 2 heteroatoms. The van der Waals surface area contributed by atoms with Crippen molar-refractivity contribution in [3.05, 3.63) is 89.8 Å². The van der Waals surface area contributed by atoms with Crippen LogP contribution in [0.4, 0.5) is 0 Å². The zero-order valence-corrected chi connectivity index (χ0v) is 13.9. The molecule has 3 rings (SSSR count). The van der Waals surface area contributed by atoms with Gasteiger partial charge in [-0.1, -0.05) is 60.2 Å². The minimum atomic E-state index is 0.724. The predicted molar refractivity (Wildman–Crippen MR) is 98.7 cm³/mol. The molecule has 0 unspecified atom stereocenters. The number of aliphatic imine (C=N–C) groups is 1. The molecule has 0 saturated heterocycles. The smallest absolute Gasteiger partial charge is 0.0643 e. The van der Waals surface area contributed by atoms with Crippen LogP contribution in [0.25, 0.3) is 0 Å². The van der Waals surface area contributed by atoms with Gasteiger partial charge >= 0.3 is 0 Å². The second-order valence-corrected chi connectivity index (χ2v) is 5.56. The van der Waals surface area contributed by atoms with Gasteiger partial charge in [-0.05, 0) is 38.3 Å². The average molecular weight is 304 g/mol. The summed E-state index contributed by atoms with van der Waals surface area (Å²) in [5.74, 6) is 0. The Hall–Kier alpha value is -2.48. The number of allylic oxidation sites excluding steroid dienone is 4. The highest BCUT2D eigenvalue weighted by atomic mass is 14.7. The van der Waals surface area contributed by atoms with Crippen molar-refractivity contribution in [3.63, 3.8) is 0 Å². The van der Waals surface area contributed by atoms with Crippen molar-refractivity contribution in [2.45, 2.75) is 33.2 Å². The Labute approximate surface area is 139 Å². The maximum atomic E-state index is 4.54. The van der Waals surface area contributed by atoms with Gasteiger partial charge in [-0.15, -0.1) is 0 Å². The Morgan fingerprint density at radius 3 is 2.48 bits per heavy atom. The minimum Gasteiger partial charge on any atom is -0.285 e. The van der Waals surface area contributed by atoms with Gasteiger partial charge in [-0.2, -0.15) is 0 Å². The van der Waals surface area contributed by atoms with Crippen LogP contribution in [0, 0.1) is 0 Å². The standard InChI is InChI=1S/C14H14N2.C7H10/c1-12(14-8-5-9-15-11-14)16-10-13-6-3-2-4-7-13;1-7-5-3-2-4-6-7/h2-9,11H,10H2,1H3;3,5-6H,2,4H2,1H3. The van der Waals surface area contributed by atoms with Gasteiger partial charge in [0, 0.05) is 23.7 Å². The molecular weight excluding hydrogens is 280 g/mol. The molecule has 1 aromatic heterocycles. The van der Waals surface area contributed by atoms with Gasteiger partial charge in [-0.25, -0.2) is 0 Å². The quantitative estimate of drug-likeness (QED) is 0.699. The monoisotopic (exact) mass is 304 g/mol. The second-order valence-electron chi connectivity index (χ2n) is 5.56. The number of benzene rings is 1. The van der Waals surface area contributed by atoms with Crippen LogP contribution in [0.3, 0.4) is 0 Å². The lowest BCUT2D eigenvalue weighted by Crippen LogP contribution is -1.96. The Balaban J connectivity index is 0.000000229. The SMILES string of the molecule is CC(=NCc1ccccc1)c1cccnc1.CC1=CCCC=C1. The summed E-state index contributed by atoms with van der Waals surface area (Å²) in [7, 11) is 0. The summed E-state index contributed by atoms with van der Waals surface area (Å²) in [6, 6.07) is 14.2. The lowest BCUT2D eigenvalue weighted by Gasteiger charge is -2.00. The molecule has 2 nitrogen and oxygen atoms in total. The largest absolute Gasteiger partial charge is 0.285 e. The molecule has 1 aromatic carbocycles. The molecule has 0 spiro atoms. The van der Waals surface area contributed by atoms with Gasteiger partial charge in [0.25, 0.3) is 0 Å². The Morgan fingerprint density at radius 2 is 1.91 bits per heavy atom. The fraction of sp³-hybridized carbons (Fsp3) is 0.238. The van der Waals surface area contributed by atoms with Gasteiger partial charge in [0.2, 0.25) is 0 Å². The summed E-state index contributed by atoms with van der Waals surface area (Å²) in [5.41, 5.74) is 4.74. The summed E-state index contributed by atoms with van der Waals surface area (Å²) in [6.07, 6.45) is 12.7. The third-order valence-corrected chi connectivity index (χ3v) is 3.60. The van der Waals surface area contributed by atoms with Crippen LogP contribution in [0.5, 0.6) is 0 Å². The number of rotatable bonds is 3. The third-order valence-electron chi connectivity index (χ3n) is 3.60.